The van der Waals surface area contributed by atoms with Crippen molar-refractivity contribution >= 4 is 39.7 Å². The number of carbonyl (C=O) groups is 1. The number of aromatic nitrogens is 4. The topological polar surface area (TPSA) is 133 Å². The van der Waals surface area contributed by atoms with Crippen molar-refractivity contribution in [1.82, 2.24) is 30.2 Å². The van der Waals surface area contributed by atoms with E-state index >= 15 is 0 Å². The first-order valence-electron chi connectivity index (χ1n) is 11.4. The molecule has 0 radical (unpaired) electrons. The predicted octanol–water partition coefficient (Wildman–Crippen LogP) is 3.33. The number of piperazine rings is 1. The molecule has 0 saturated carbocycles. The number of halogens is 1. The molecule has 11 heteroatoms. The largest absolute Gasteiger partial charge is 0.465 e. The number of carboxylic acid groups (broad SMARTS) is 1. The summed E-state index contributed by atoms with van der Waals surface area (Å²) in [5.74, 6) is 0.0263. The summed E-state index contributed by atoms with van der Waals surface area (Å²) in [6, 6.07) is 6.97. The molecule has 1 aliphatic rings. The maximum absolute atomic E-state index is 12.8. The Morgan fingerprint density at radius 2 is 2.03 bits per heavy atom. The van der Waals surface area contributed by atoms with Gasteiger partial charge in [0.05, 0.1) is 18.0 Å². The number of pyridine rings is 2. The lowest BCUT2D eigenvalue weighted by Crippen LogP contribution is -2.74. The van der Waals surface area contributed by atoms with Crippen LogP contribution in [0.1, 0.15) is 50.6 Å². The predicted molar refractivity (Wildman–Crippen MR) is 140 cm³/mol. The third-order valence-corrected chi connectivity index (χ3v) is 6.93. The van der Waals surface area contributed by atoms with E-state index in [2.05, 4.69) is 47.8 Å². The van der Waals surface area contributed by atoms with Gasteiger partial charge in [-0.25, -0.2) is 14.6 Å². The van der Waals surface area contributed by atoms with Gasteiger partial charge in [0.25, 0.3) is 0 Å². The molecule has 3 N–H and O–H groups in total. The molecule has 4 heterocycles. The van der Waals surface area contributed by atoms with Gasteiger partial charge in [-0.2, -0.15) is 4.98 Å². The van der Waals surface area contributed by atoms with Crippen molar-refractivity contribution in [1.29, 1.82) is 0 Å². The van der Waals surface area contributed by atoms with Crippen LogP contribution in [0.4, 0.5) is 4.79 Å². The summed E-state index contributed by atoms with van der Waals surface area (Å²) in [4.78, 5) is 42.8. The number of nitrogens with one attached hydrogen (secondary N) is 2. The zero-order chi connectivity index (χ0) is 25.4. The second kappa shape index (κ2) is 9.78. The Balaban J connectivity index is 2.17. The Morgan fingerprint density at radius 1 is 1.31 bits per heavy atom. The molecule has 3 unspecified atom stereocenters. The van der Waals surface area contributed by atoms with Crippen LogP contribution < -0.4 is 11.0 Å². The number of aromatic amines is 1. The smallest absolute Gasteiger partial charge is 0.408 e. The molecular weight excluding hydrogens is 563 g/mol. The fraction of sp³-hybridized carbons (Fsp3) is 0.458. The van der Waals surface area contributed by atoms with Gasteiger partial charge in [-0.05, 0) is 38.0 Å². The second-order valence-corrected chi connectivity index (χ2v) is 10.2. The fourth-order valence-electron chi connectivity index (χ4n) is 5.07. The highest BCUT2D eigenvalue weighted by Gasteiger charge is 2.62. The van der Waals surface area contributed by atoms with E-state index in [4.69, 9.17) is 4.74 Å². The van der Waals surface area contributed by atoms with Gasteiger partial charge in [0, 0.05) is 40.4 Å². The van der Waals surface area contributed by atoms with Crippen LogP contribution in [0.3, 0.4) is 0 Å². The lowest BCUT2D eigenvalue weighted by molar-refractivity contribution is -0.197. The monoisotopic (exact) mass is 592 g/mol. The molecule has 1 fully saturated rings. The third-order valence-electron chi connectivity index (χ3n) is 6.49. The Morgan fingerprint density at radius 3 is 2.71 bits per heavy atom. The van der Waals surface area contributed by atoms with Gasteiger partial charge in [-0.15, -0.1) is 0 Å². The zero-order valence-corrected chi connectivity index (χ0v) is 22.2. The fourth-order valence-corrected chi connectivity index (χ4v) is 5.29. The highest BCUT2D eigenvalue weighted by Crippen LogP contribution is 2.50. The first-order valence-corrected chi connectivity index (χ1v) is 13.0. The van der Waals surface area contributed by atoms with E-state index in [1.165, 1.54) is 4.90 Å². The maximum atomic E-state index is 12.8. The molecule has 1 aliphatic heterocycles. The molecule has 3 aromatic heterocycles. The van der Waals surface area contributed by atoms with Crippen molar-refractivity contribution < 1.29 is 14.6 Å². The average molecular weight is 592 g/mol. The molecule has 0 spiro atoms. The Hall–Kier alpha value is -2.64. The summed E-state index contributed by atoms with van der Waals surface area (Å²) >= 11 is 2.22. The Labute approximate surface area is 216 Å². The molecule has 10 nitrogen and oxygen atoms in total. The molecule has 0 bridgehead atoms. The molecule has 3 aromatic rings. The van der Waals surface area contributed by atoms with Crippen molar-refractivity contribution in [3.63, 3.8) is 0 Å². The van der Waals surface area contributed by atoms with Crippen molar-refractivity contribution in [2.24, 2.45) is 0 Å². The maximum Gasteiger partial charge on any atom is 0.408 e. The minimum absolute atomic E-state index is 0.0263. The number of fused-ring (bicyclic) bond motifs is 1. The number of rotatable bonds is 6. The number of ether oxygens (including phenoxy) is 1. The molecule has 3 atom stereocenters. The lowest BCUT2D eigenvalue weighted by Gasteiger charge is -2.58. The average Bonchev–Trinajstić information content (AvgIpc) is 2.83. The summed E-state index contributed by atoms with van der Waals surface area (Å²) < 4.78 is 7.34. The zero-order valence-electron chi connectivity index (χ0n) is 20.1. The van der Waals surface area contributed by atoms with Crippen LogP contribution in [-0.2, 0) is 16.0 Å². The number of amides is 1. The number of hydrogen-bond donors (Lipinski definition) is 3. The number of hydrogen-bond acceptors (Lipinski definition) is 7. The van der Waals surface area contributed by atoms with Gasteiger partial charge < -0.3 is 9.84 Å². The first kappa shape index (κ1) is 25.5. The van der Waals surface area contributed by atoms with Crippen molar-refractivity contribution in [3.05, 3.63) is 64.1 Å². The Bertz CT molecular complexity index is 1300. The summed E-state index contributed by atoms with van der Waals surface area (Å²) in [5, 5.41) is 14.6. The highest BCUT2D eigenvalue weighted by molar-refractivity contribution is 14.1. The standard InChI is InChI=1S/C24H29IN6O4/c1-14(2)18-17(8-6-10-26-18)24(35-12-9-25)23(4,31(22(33)34)13-15(3)30-24)19-16-7-5-11-27-20(16)29-21(32)28-19/h5-8,10-11,14-15,30H,9,12-13H2,1-4H3,(H,33,34)(H,27,28,29,32). The first-order chi connectivity index (χ1) is 16.7. The van der Waals surface area contributed by atoms with Crippen LogP contribution >= 0.6 is 22.6 Å². The molecule has 35 heavy (non-hydrogen) atoms. The van der Waals surface area contributed by atoms with E-state index in [0.717, 1.165) is 5.69 Å². The Kier molecular flexibility index (Phi) is 7.11. The van der Waals surface area contributed by atoms with E-state index in [9.17, 15) is 14.7 Å². The molecule has 0 aliphatic carbocycles. The van der Waals surface area contributed by atoms with Crippen LogP contribution in [-0.4, -0.2) is 59.7 Å². The summed E-state index contributed by atoms with van der Waals surface area (Å²) in [6.45, 7) is 8.22. The lowest BCUT2D eigenvalue weighted by atomic mass is 9.73. The summed E-state index contributed by atoms with van der Waals surface area (Å²) in [6.07, 6.45) is 2.14. The molecule has 1 saturated heterocycles. The number of alkyl halides is 1. The van der Waals surface area contributed by atoms with Crippen LogP contribution in [0.2, 0.25) is 0 Å². The van der Waals surface area contributed by atoms with Crippen LogP contribution in [0.15, 0.2) is 41.5 Å². The minimum Gasteiger partial charge on any atom is -0.465 e. The van der Waals surface area contributed by atoms with Gasteiger partial charge in [0.15, 0.2) is 5.72 Å². The molecule has 186 valence electrons. The van der Waals surface area contributed by atoms with Gasteiger partial charge >= 0.3 is 11.8 Å². The molecule has 4 rings (SSSR count). The van der Waals surface area contributed by atoms with Gasteiger partial charge in [-0.1, -0.05) is 42.5 Å². The number of nitrogens with zero attached hydrogens (tertiary/aromatic N) is 4. The van der Waals surface area contributed by atoms with Gasteiger partial charge in [-0.3, -0.25) is 20.2 Å². The van der Waals surface area contributed by atoms with Crippen molar-refractivity contribution in [2.45, 2.75) is 50.9 Å². The quantitative estimate of drug-likeness (QED) is 0.293. The SMILES string of the molecule is CC1CN(C(=O)O)C(C)(c2nc(=O)[nH]c3ncccc23)C(OCCI)(c2cccnc2C(C)C)N1. The van der Waals surface area contributed by atoms with Crippen LogP contribution in [0, 0.1) is 0 Å². The highest BCUT2D eigenvalue weighted by atomic mass is 127. The second-order valence-electron chi connectivity index (χ2n) is 9.11. The number of H-pyrrole nitrogens is 1. The molecule has 1 amide bonds. The summed E-state index contributed by atoms with van der Waals surface area (Å²) in [7, 11) is 0. The van der Waals surface area contributed by atoms with Crippen LogP contribution in [0.5, 0.6) is 0 Å². The molecular formula is C24H29IN6O4. The van der Waals surface area contributed by atoms with Crippen molar-refractivity contribution in [2.75, 3.05) is 17.6 Å². The van der Waals surface area contributed by atoms with E-state index in [1.807, 2.05) is 32.9 Å². The van der Waals surface area contributed by atoms with E-state index in [0.29, 0.717) is 27.6 Å². The van der Waals surface area contributed by atoms with E-state index in [1.54, 1.807) is 31.5 Å². The third kappa shape index (κ3) is 4.19. The van der Waals surface area contributed by atoms with E-state index in [-0.39, 0.29) is 24.2 Å². The van der Waals surface area contributed by atoms with Crippen LogP contribution in [0.25, 0.3) is 11.0 Å². The molecule has 0 aromatic carbocycles. The van der Waals surface area contributed by atoms with E-state index < -0.39 is 23.0 Å². The van der Waals surface area contributed by atoms with Crippen molar-refractivity contribution in [3.8, 4) is 0 Å². The minimum atomic E-state index is -1.46. The normalized spacial score (nSPS) is 24.7. The summed E-state index contributed by atoms with van der Waals surface area (Å²) in [5.41, 5.74) is -1.41. The van der Waals surface area contributed by atoms with Gasteiger partial charge in [0.2, 0.25) is 0 Å². The van der Waals surface area contributed by atoms with Gasteiger partial charge in [0.1, 0.15) is 11.2 Å².